The molecular formula is C32H46N2O9. The van der Waals surface area contributed by atoms with Gasteiger partial charge >= 0.3 is 24.2 Å². The SMILES string of the molecule is CCCN(Cc1ccccc1)[C@H](C)CC(=O)OC.CCCN[C@H](C)CC(=O)OC.O=C=O.O=C=O.O=Cc1ccccc1. The summed E-state index contributed by atoms with van der Waals surface area (Å²) in [6.45, 7) is 11.1. The molecule has 2 atom stereocenters. The Morgan fingerprint density at radius 2 is 1.28 bits per heavy atom. The van der Waals surface area contributed by atoms with E-state index in [9.17, 15) is 14.4 Å². The van der Waals surface area contributed by atoms with Crippen LogP contribution in [0.1, 0.15) is 69.3 Å². The van der Waals surface area contributed by atoms with Crippen molar-refractivity contribution in [1.29, 1.82) is 0 Å². The van der Waals surface area contributed by atoms with Crippen molar-refractivity contribution in [1.82, 2.24) is 10.2 Å². The summed E-state index contributed by atoms with van der Waals surface area (Å²) in [5, 5.41) is 3.20. The quantitative estimate of drug-likeness (QED) is 0.260. The van der Waals surface area contributed by atoms with E-state index in [2.05, 4.69) is 47.9 Å². The van der Waals surface area contributed by atoms with Gasteiger partial charge in [0.05, 0.1) is 27.1 Å². The van der Waals surface area contributed by atoms with E-state index in [0.29, 0.717) is 12.8 Å². The fourth-order valence-corrected chi connectivity index (χ4v) is 3.34. The molecule has 0 bridgehead atoms. The third-order valence-corrected chi connectivity index (χ3v) is 5.43. The minimum Gasteiger partial charge on any atom is -0.469 e. The van der Waals surface area contributed by atoms with Gasteiger partial charge in [-0.05, 0) is 45.3 Å². The van der Waals surface area contributed by atoms with Gasteiger partial charge in [-0.15, -0.1) is 0 Å². The van der Waals surface area contributed by atoms with Crippen LogP contribution in [0, 0.1) is 0 Å². The predicted octanol–water partition coefficient (Wildman–Crippen LogP) is 4.12. The molecule has 43 heavy (non-hydrogen) atoms. The molecule has 238 valence electrons. The summed E-state index contributed by atoms with van der Waals surface area (Å²) in [4.78, 5) is 66.9. The van der Waals surface area contributed by atoms with E-state index >= 15 is 0 Å². The van der Waals surface area contributed by atoms with Crippen molar-refractivity contribution in [2.75, 3.05) is 27.3 Å². The Bertz CT molecular complexity index is 1010. The van der Waals surface area contributed by atoms with Gasteiger partial charge in [-0.3, -0.25) is 19.3 Å². The molecule has 0 unspecified atom stereocenters. The van der Waals surface area contributed by atoms with E-state index in [1.165, 1.54) is 19.8 Å². The molecule has 0 aliphatic rings. The van der Waals surface area contributed by atoms with Crippen LogP contribution in [0.25, 0.3) is 0 Å². The molecule has 0 heterocycles. The number of aldehydes is 1. The molecule has 0 radical (unpaired) electrons. The van der Waals surface area contributed by atoms with E-state index < -0.39 is 0 Å². The highest BCUT2D eigenvalue weighted by Crippen LogP contribution is 2.12. The third kappa shape index (κ3) is 29.0. The van der Waals surface area contributed by atoms with Gasteiger partial charge in [-0.1, -0.05) is 74.5 Å². The molecule has 2 aromatic rings. The fourth-order valence-electron chi connectivity index (χ4n) is 3.34. The maximum absolute atomic E-state index is 11.3. The molecule has 0 saturated heterocycles. The smallest absolute Gasteiger partial charge is 0.373 e. The number of carbonyl (C=O) groups excluding carboxylic acids is 7. The Morgan fingerprint density at radius 1 is 0.814 bits per heavy atom. The van der Waals surface area contributed by atoms with Crippen LogP contribution in [0.15, 0.2) is 60.7 Å². The summed E-state index contributed by atoms with van der Waals surface area (Å²) < 4.78 is 9.26. The number of carbonyl (C=O) groups is 3. The minimum absolute atomic E-state index is 0.142. The van der Waals surface area contributed by atoms with Crippen LogP contribution in [0.2, 0.25) is 0 Å². The van der Waals surface area contributed by atoms with E-state index in [1.807, 2.05) is 43.3 Å². The lowest BCUT2D eigenvalue weighted by molar-refractivity contribution is -0.193. The maximum Gasteiger partial charge on any atom is 0.373 e. The molecule has 2 aromatic carbocycles. The second-order valence-corrected chi connectivity index (χ2v) is 8.92. The Kier molecular flexibility index (Phi) is 32.4. The number of hydrogen-bond acceptors (Lipinski definition) is 11. The van der Waals surface area contributed by atoms with E-state index in [1.54, 1.807) is 12.1 Å². The fraction of sp³-hybridized carbons (Fsp3) is 0.469. The topological polar surface area (TPSA) is 153 Å². The van der Waals surface area contributed by atoms with Gasteiger partial charge in [0.15, 0.2) is 0 Å². The van der Waals surface area contributed by atoms with Crippen LogP contribution < -0.4 is 5.32 Å². The van der Waals surface area contributed by atoms with E-state index in [0.717, 1.165) is 44.3 Å². The lowest BCUT2D eigenvalue weighted by Crippen LogP contribution is -2.35. The van der Waals surface area contributed by atoms with Crippen molar-refractivity contribution in [2.45, 2.75) is 72.0 Å². The first-order valence-electron chi connectivity index (χ1n) is 13.8. The molecule has 0 aliphatic carbocycles. The van der Waals surface area contributed by atoms with Crippen LogP contribution in [0.3, 0.4) is 0 Å². The van der Waals surface area contributed by atoms with Gasteiger partial charge < -0.3 is 14.8 Å². The Hall–Kier alpha value is -4.27. The van der Waals surface area contributed by atoms with Crippen LogP contribution in [-0.4, -0.2) is 74.8 Å². The van der Waals surface area contributed by atoms with Gasteiger partial charge in [-0.25, -0.2) is 0 Å². The second kappa shape index (κ2) is 32.2. The van der Waals surface area contributed by atoms with Crippen LogP contribution >= 0.6 is 0 Å². The van der Waals surface area contributed by atoms with Crippen molar-refractivity contribution in [3.05, 3.63) is 71.8 Å². The highest BCUT2D eigenvalue weighted by molar-refractivity contribution is 5.74. The number of esters is 2. The first-order chi connectivity index (χ1) is 20.6. The molecule has 1 N–H and O–H groups in total. The van der Waals surface area contributed by atoms with Crippen molar-refractivity contribution in [2.24, 2.45) is 0 Å². The number of nitrogens with zero attached hydrogens (tertiary/aromatic N) is 1. The molecule has 11 heteroatoms. The van der Waals surface area contributed by atoms with Crippen molar-refractivity contribution >= 4 is 30.5 Å². The van der Waals surface area contributed by atoms with Crippen molar-refractivity contribution in [3.63, 3.8) is 0 Å². The van der Waals surface area contributed by atoms with Gasteiger partial charge in [0.1, 0.15) is 6.29 Å². The molecule has 0 fully saturated rings. The zero-order valence-electron chi connectivity index (χ0n) is 26.1. The second-order valence-electron chi connectivity index (χ2n) is 8.92. The summed E-state index contributed by atoms with van der Waals surface area (Å²) in [5.41, 5.74) is 2.01. The molecule has 11 nitrogen and oxygen atoms in total. The standard InChI is InChI=1S/C15H23NO2.C8H17NO2.C7H6O.2CO2/c1-4-10-16(13(2)11-15(17)18-3)12-14-8-6-5-7-9-14;1-4-5-9-7(2)6-8(10)11-3;8-6-7-4-2-1-3-5-7;2*2-1-3/h5-9,13H,4,10-12H2,1-3H3;7,9H,4-6H2,1-3H3;1-6H;;/t13-;7-;;;/m11.../s1. The van der Waals surface area contributed by atoms with Crippen LogP contribution in [-0.2, 0) is 44.8 Å². The average Bonchev–Trinajstić information content (AvgIpc) is 3.02. The number of benzene rings is 2. The zero-order valence-corrected chi connectivity index (χ0v) is 26.1. The summed E-state index contributed by atoms with van der Waals surface area (Å²) in [5.74, 6) is -0.294. The van der Waals surface area contributed by atoms with Crippen molar-refractivity contribution in [3.8, 4) is 0 Å². The minimum atomic E-state index is -0.152. The van der Waals surface area contributed by atoms with Crippen LogP contribution in [0.5, 0.6) is 0 Å². The molecule has 0 saturated carbocycles. The lowest BCUT2D eigenvalue weighted by atomic mass is 10.1. The Morgan fingerprint density at radius 3 is 1.67 bits per heavy atom. The largest absolute Gasteiger partial charge is 0.469 e. The summed E-state index contributed by atoms with van der Waals surface area (Å²) >= 11 is 0. The monoisotopic (exact) mass is 602 g/mol. The normalized spacial score (nSPS) is 10.4. The number of nitrogens with one attached hydrogen (secondary N) is 1. The first kappa shape index (κ1) is 43.2. The van der Waals surface area contributed by atoms with Gasteiger partial charge in [-0.2, -0.15) is 19.2 Å². The molecule has 0 spiro atoms. The summed E-state index contributed by atoms with van der Waals surface area (Å²) in [6.07, 6.45) is 4.41. The van der Waals surface area contributed by atoms with Crippen molar-refractivity contribution < 1.29 is 43.0 Å². The highest BCUT2D eigenvalue weighted by Gasteiger charge is 2.17. The number of rotatable bonds is 13. The average molecular weight is 603 g/mol. The first-order valence-corrected chi connectivity index (χ1v) is 13.8. The Balaban J connectivity index is -0.000000544. The Labute approximate surface area is 254 Å². The number of hydrogen-bond donors (Lipinski definition) is 1. The summed E-state index contributed by atoms with van der Waals surface area (Å²) in [7, 11) is 2.85. The van der Waals surface area contributed by atoms with Gasteiger partial charge in [0, 0.05) is 24.2 Å². The van der Waals surface area contributed by atoms with E-state index in [4.69, 9.17) is 23.9 Å². The maximum atomic E-state index is 11.3. The molecule has 0 amide bonds. The zero-order chi connectivity index (χ0) is 33.3. The van der Waals surface area contributed by atoms with Gasteiger partial charge in [0.25, 0.3) is 0 Å². The molecule has 0 aliphatic heterocycles. The van der Waals surface area contributed by atoms with Gasteiger partial charge in [0.2, 0.25) is 0 Å². The number of methoxy groups -OCH3 is 2. The predicted molar refractivity (Wildman–Crippen MR) is 159 cm³/mol. The molecule has 0 aromatic heterocycles. The summed E-state index contributed by atoms with van der Waals surface area (Å²) in [6, 6.07) is 19.9. The molecule has 2 rings (SSSR count). The van der Waals surface area contributed by atoms with E-state index in [-0.39, 0.29) is 36.3 Å². The number of ether oxygens (including phenoxy) is 2. The van der Waals surface area contributed by atoms with Crippen LogP contribution in [0.4, 0.5) is 0 Å². The molecular weight excluding hydrogens is 556 g/mol. The lowest BCUT2D eigenvalue weighted by Gasteiger charge is -2.28. The third-order valence-electron chi connectivity index (χ3n) is 5.43. The highest BCUT2D eigenvalue weighted by atomic mass is 16.5.